The highest BCUT2D eigenvalue weighted by atomic mass is 35.5. The molecule has 7 nitrogen and oxygen atoms in total. The molecule has 3 N–H and O–H groups in total. The van der Waals surface area contributed by atoms with Crippen molar-refractivity contribution >= 4 is 49.2 Å². The van der Waals surface area contributed by atoms with Gasteiger partial charge in [0.25, 0.3) is 15.9 Å². The van der Waals surface area contributed by atoms with Gasteiger partial charge in [0.15, 0.2) is 0 Å². The molecule has 11 heteroatoms. The van der Waals surface area contributed by atoms with E-state index in [0.29, 0.717) is 0 Å². The zero-order chi connectivity index (χ0) is 18.1. The fourth-order valence-corrected chi connectivity index (χ4v) is 3.69. The van der Waals surface area contributed by atoms with Crippen molar-refractivity contribution in [3.8, 4) is 0 Å². The topological polar surface area (TPSA) is 123 Å². The van der Waals surface area contributed by atoms with Gasteiger partial charge in [0, 0.05) is 5.02 Å². The van der Waals surface area contributed by atoms with Crippen LogP contribution in [0.1, 0.15) is 10.4 Å². The Kier molecular flexibility index (Phi) is 5.21. The molecule has 0 aromatic heterocycles. The third kappa shape index (κ3) is 4.25. The van der Waals surface area contributed by atoms with Gasteiger partial charge in [-0.15, -0.1) is 0 Å². The van der Waals surface area contributed by atoms with E-state index in [4.69, 9.17) is 28.3 Å². The van der Waals surface area contributed by atoms with E-state index in [0.717, 1.165) is 24.3 Å². The first kappa shape index (κ1) is 18.7. The second-order valence-corrected chi connectivity index (χ2v) is 8.66. The summed E-state index contributed by atoms with van der Waals surface area (Å²) in [7, 11) is -8.18. The average Bonchev–Trinajstić information content (AvgIpc) is 2.45. The van der Waals surface area contributed by atoms with Crippen molar-refractivity contribution in [2.24, 2.45) is 5.14 Å². The van der Waals surface area contributed by atoms with Crippen LogP contribution in [0.3, 0.4) is 0 Å². The highest BCUT2D eigenvalue weighted by Crippen LogP contribution is 2.21. The van der Waals surface area contributed by atoms with E-state index in [1.54, 1.807) is 0 Å². The first-order chi connectivity index (χ1) is 11.0. The normalized spacial score (nSPS) is 12.0. The smallest absolute Gasteiger partial charge is 0.266 e. The summed E-state index contributed by atoms with van der Waals surface area (Å²) in [4.78, 5) is 11.5. The summed E-state index contributed by atoms with van der Waals surface area (Å²) in [6.45, 7) is 0. The number of primary sulfonamides is 1. The molecular weight excluding hydrogens is 399 g/mol. The first-order valence-corrected chi connectivity index (χ1v) is 9.94. The van der Waals surface area contributed by atoms with E-state index >= 15 is 0 Å². The van der Waals surface area contributed by atoms with Crippen molar-refractivity contribution in [1.82, 2.24) is 4.72 Å². The summed E-state index contributed by atoms with van der Waals surface area (Å²) >= 11 is 11.6. The van der Waals surface area contributed by atoms with E-state index in [-0.39, 0.29) is 25.4 Å². The Labute approximate surface area is 148 Å². The van der Waals surface area contributed by atoms with Gasteiger partial charge in [-0.2, -0.15) is 0 Å². The van der Waals surface area contributed by atoms with E-state index in [2.05, 4.69) is 0 Å². The lowest BCUT2D eigenvalue weighted by Gasteiger charge is -2.09. The van der Waals surface area contributed by atoms with E-state index in [9.17, 15) is 21.6 Å². The van der Waals surface area contributed by atoms with Crippen molar-refractivity contribution in [2.75, 3.05) is 0 Å². The predicted molar refractivity (Wildman–Crippen MR) is 88.9 cm³/mol. The maximum absolute atomic E-state index is 12.2. The molecule has 2 aromatic rings. The Morgan fingerprint density at radius 3 is 1.96 bits per heavy atom. The van der Waals surface area contributed by atoms with Gasteiger partial charge in [0.2, 0.25) is 10.0 Å². The van der Waals surface area contributed by atoms with Crippen LogP contribution in [-0.4, -0.2) is 22.7 Å². The lowest BCUT2D eigenvalue weighted by molar-refractivity contribution is 0.0981. The molecule has 0 aliphatic carbocycles. The fourth-order valence-electron chi connectivity index (χ4n) is 1.72. The highest BCUT2D eigenvalue weighted by molar-refractivity contribution is 7.90. The van der Waals surface area contributed by atoms with Gasteiger partial charge in [0.1, 0.15) is 0 Å². The highest BCUT2D eigenvalue weighted by Gasteiger charge is 2.21. The van der Waals surface area contributed by atoms with Crippen molar-refractivity contribution in [1.29, 1.82) is 0 Å². The molecule has 0 bridgehead atoms. The van der Waals surface area contributed by atoms with E-state index < -0.39 is 26.0 Å². The van der Waals surface area contributed by atoms with Crippen molar-refractivity contribution < 1.29 is 21.6 Å². The first-order valence-electron chi connectivity index (χ1n) is 6.16. The second-order valence-electron chi connectivity index (χ2n) is 4.58. The minimum atomic E-state index is -4.22. The summed E-state index contributed by atoms with van der Waals surface area (Å²) in [6, 6.07) is 8.02. The van der Waals surface area contributed by atoms with Gasteiger partial charge < -0.3 is 0 Å². The summed E-state index contributed by atoms with van der Waals surface area (Å²) < 4.78 is 48.5. The number of sulfonamides is 2. The zero-order valence-corrected chi connectivity index (χ0v) is 14.9. The number of carbonyl (C=O) groups is 1. The molecule has 128 valence electrons. The standard InChI is InChI=1S/C13H10Cl2N2O5S2/c14-8-1-6-11(12(15)7-8)13(18)17-24(21,22)10-4-2-9(3-5-10)23(16,19)20/h1-7H,(H,17,18)(H2,16,19,20). The minimum absolute atomic E-state index is 0.0141. The molecule has 0 heterocycles. The van der Waals surface area contributed by atoms with Gasteiger partial charge in [-0.1, -0.05) is 23.2 Å². The molecule has 2 rings (SSSR count). The molecule has 0 radical (unpaired) electrons. The van der Waals surface area contributed by atoms with Crippen LogP contribution in [0.5, 0.6) is 0 Å². The second kappa shape index (κ2) is 6.69. The van der Waals surface area contributed by atoms with E-state index in [1.165, 1.54) is 18.2 Å². The van der Waals surface area contributed by atoms with Crippen LogP contribution in [0.2, 0.25) is 10.0 Å². The Bertz CT molecular complexity index is 1000. The Morgan fingerprint density at radius 2 is 1.46 bits per heavy atom. The monoisotopic (exact) mass is 408 g/mol. The third-order valence-electron chi connectivity index (χ3n) is 2.87. The van der Waals surface area contributed by atoms with Gasteiger partial charge in [-0.25, -0.2) is 26.7 Å². The summed E-state index contributed by atoms with van der Waals surface area (Å²) in [6.07, 6.45) is 0. The quantitative estimate of drug-likeness (QED) is 0.797. The zero-order valence-electron chi connectivity index (χ0n) is 11.7. The number of amides is 1. The number of hydrogen-bond donors (Lipinski definition) is 2. The Morgan fingerprint density at radius 1 is 0.917 bits per heavy atom. The maximum Gasteiger partial charge on any atom is 0.266 e. The molecule has 0 aliphatic heterocycles. The SMILES string of the molecule is NS(=O)(=O)c1ccc(S(=O)(=O)NC(=O)c2ccc(Cl)cc2Cl)cc1. The van der Waals surface area contributed by atoms with Gasteiger partial charge in [-0.3, -0.25) is 4.79 Å². The number of rotatable bonds is 4. The predicted octanol–water partition coefficient (Wildman–Crippen LogP) is 1.76. The Balaban J connectivity index is 2.29. The largest absolute Gasteiger partial charge is 0.268 e. The van der Waals surface area contributed by atoms with Crippen molar-refractivity contribution in [3.63, 3.8) is 0 Å². The van der Waals surface area contributed by atoms with Crippen LogP contribution in [0.15, 0.2) is 52.3 Å². The number of carbonyl (C=O) groups excluding carboxylic acids is 1. The molecule has 0 spiro atoms. The Hall–Kier alpha value is -1.65. The summed E-state index contributed by atoms with van der Waals surface area (Å²) in [5.41, 5.74) is -0.0780. The van der Waals surface area contributed by atoms with E-state index in [1.807, 2.05) is 4.72 Å². The molecule has 0 fully saturated rings. The van der Waals surface area contributed by atoms with Gasteiger partial charge >= 0.3 is 0 Å². The van der Waals surface area contributed by atoms with Gasteiger partial charge in [-0.05, 0) is 42.5 Å². The number of halogens is 2. The van der Waals surface area contributed by atoms with Crippen molar-refractivity contribution in [3.05, 3.63) is 58.1 Å². The summed E-state index contributed by atoms with van der Waals surface area (Å²) in [5, 5.41) is 5.20. The number of nitrogens with two attached hydrogens (primary N) is 1. The fraction of sp³-hybridized carbons (Fsp3) is 0. The third-order valence-corrected chi connectivity index (χ3v) is 5.69. The van der Waals surface area contributed by atoms with Crippen LogP contribution in [0.25, 0.3) is 0 Å². The number of nitrogens with one attached hydrogen (secondary N) is 1. The van der Waals surface area contributed by atoms with Gasteiger partial charge in [0.05, 0.1) is 20.4 Å². The average molecular weight is 409 g/mol. The van der Waals surface area contributed by atoms with Crippen LogP contribution >= 0.6 is 23.2 Å². The minimum Gasteiger partial charge on any atom is -0.268 e. The van der Waals surface area contributed by atoms with Crippen LogP contribution in [0.4, 0.5) is 0 Å². The lowest BCUT2D eigenvalue weighted by Crippen LogP contribution is -2.30. The molecule has 0 aliphatic rings. The number of hydrogen-bond acceptors (Lipinski definition) is 5. The van der Waals surface area contributed by atoms with Crippen LogP contribution in [-0.2, 0) is 20.0 Å². The lowest BCUT2D eigenvalue weighted by atomic mass is 10.2. The molecular formula is C13H10Cl2N2O5S2. The van der Waals surface area contributed by atoms with Crippen LogP contribution < -0.4 is 9.86 Å². The molecule has 0 saturated heterocycles. The molecule has 1 amide bonds. The maximum atomic E-state index is 12.2. The number of benzene rings is 2. The van der Waals surface area contributed by atoms with Crippen LogP contribution in [0, 0.1) is 0 Å². The summed E-state index contributed by atoms with van der Waals surface area (Å²) in [5.74, 6) is -0.952. The van der Waals surface area contributed by atoms with Crippen molar-refractivity contribution in [2.45, 2.75) is 9.79 Å². The molecule has 2 aromatic carbocycles. The molecule has 24 heavy (non-hydrogen) atoms. The molecule has 0 saturated carbocycles. The molecule has 0 unspecified atom stereocenters. The molecule has 0 atom stereocenters.